The second-order valence-corrected chi connectivity index (χ2v) is 3.22. The number of benzene rings is 1. The summed E-state index contributed by atoms with van der Waals surface area (Å²) < 4.78 is 10.6. The van der Waals surface area contributed by atoms with Crippen LogP contribution < -0.4 is 4.74 Å². The molecule has 5 nitrogen and oxygen atoms in total. The SMILES string of the molecule is CCOCCOc1cccc(C=C[N+](=O)[O-])c1. The predicted molar refractivity (Wildman–Crippen MR) is 64.5 cm³/mol. The topological polar surface area (TPSA) is 61.6 Å². The number of nitrogens with zero attached hydrogens (tertiary/aromatic N) is 1. The van der Waals surface area contributed by atoms with Gasteiger partial charge in [-0.05, 0) is 24.6 Å². The van der Waals surface area contributed by atoms with Crippen molar-refractivity contribution >= 4 is 6.08 Å². The molecule has 0 aromatic heterocycles. The molecular weight excluding hydrogens is 222 g/mol. The Labute approximate surface area is 99.8 Å². The van der Waals surface area contributed by atoms with Crippen molar-refractivity contribution in [3.05, 3.63) is 46.1 Å². The van der Waals surface area contributed by atoms with E-state index in [1.807, 2.05) is 6.92 Å². The van der Waals surface area contributed by atoms with E-state index in [0.717, 1.165) is 11.8 Å². The molecule has 1 aromatic rings. The van der Waals surface area contributed by atoms with E-state index in [1.165, 1.54) is 6.08 Å². The Morgan fingerprint density at radius 2 is 2.24 bits per heavy atom. The van der Waals surface area contributed by atoms with Crippen LogP contribution >= 0.6 is 0 Å². The van der Waals surface area contributed by atoms with Crippen LogP contribution in [0.3, 0.4) is 0 Å². The van der Waals surface area contributed by atoms with E-state index in [1.54, 1.807) is 24.3 Å². The van der Waals surface area contributed by atoms with E-state index in [4.69, 9.17) is 9.47 Å². The molecule has 0 fully saturated rings. The zero-order valence-electron chi connectivity index (χ0n) is 9.67. The van der Waals surface area contributed by atoms with Crippen LogP contribution in [0, 0.1) is 10.1 Å². The normalized spacial score (nSPS) is 10.6. The van der Waals surface area contributed by atoms with Gasteiger partial charge < -0.3 is 9.47 Å². The number of nitro groups is 1. The molecule has 0 aliphatic rings. The summed E-state index contributed by atoms with van der Waals surface area (Å²) in [7, 11) is 0. The lowest BCUT2D eigenvalue weighted by molar-refractivity contribution is -0.400. The fourth-order valence-corrected chi connectivity index (χ4v) is 1.22. The molecule has 0 heterocycles. The highest BCUT2D eigenvalue weighted by atomic mass is 16.6. The lowest BCUT2D eigenvalue weighted by Crippen LogP contribution is -2.06. The molecule has 0 atom stereocenters. The first-order valence-electron chi connectivity index (χ1n) is 5.34. The van der Waals surface area contributed by atoms with Crippen LogP contribution in [0.15, 0.2) is 30.5 Å². The molecule has 0 amide bonds. The predicted octanol–water partition coefficient (Wildman–Crippen LogP) is 2.35. The zero-order valence-corrected chi connectivity index (χ0v) is 9.67. The van der Waals surface area contributed by atoms with Crippen molar-refractivity contribution in [3.8, 4) is 5.75 Å². The Kier molecular flexibility index (Phi) is 5.74. The molecule has 0 radical (unpaired) electrons. The fraction of sp³-hybridized carbons (Fsp3) is 0.333. The van der Waals surface area contributed by atoms with Crippen molar-refractivity contribution in [3.63, 3.8) is 0 Å². The molecule has 0 aliphatic heterocycles. The number of ether oxygens (including phenoxy) is 2. The molecule has 0 bridgehead atoms. The number of hydrogen-bond donors (Lipinski definition) is 0. The van der Waals surface area contributed by atoms with Crippen LogP contribution in [0.1, 0.15) is 12.5 Å². The minimum Gasteiger partial charge on any atom is -0.491 e. The molecule has 1 rings (SSSR count). The Balaban J connectivity index is 2.50. The second kappa shape index (κ2) is 7.40. The molecule has 0 spiro atoms. The third kappa shape index (κ3) is 5.67. The van der Waals surface area contributed by atoms with E-state index < -0.39 is 4.92 Å². The largest absolute Gasteiger partial charge is 0.491 e. The summed E-state index contributed by atoms with van der Waals surface area (Å²) in [5.74, 6) is 0.676. The first kappa shape index (κ1) is 13.2. The van der Waals surface area contributed by atoms with Crippen molar-refractivity contribution in [2.24, 2.45) is 0 Å². The average molecular weight is 237 g/mol. The van der Waals surface area contributed by atoms with Gasteiger partial charge in [0.05, 0.1) is 11.5 Å². The van der Waals surface area contributed by atoms with Crippen LogP contribution in [0.2, 0.25) is 0 Å². The molecule has 1 aromatic carbocycles. The maximum Gasteiger partial charge on any atom is 0.235 e. The maximum atomic E-state index is 10.2. The van der Waals surface area contributed by atoms with Crippen molar-refractivity contribution in [2.45, 2.75) is 6.92 Å². The summed E-state index contributed by atoms with van der Waals surface area (Å²) in [6, 6.07) is 7.10. The van der Waals surface area contributed by atoms with Gasteiger partial charge >= 0.3 is 0 Å². The van der Waals surface area contributed by atoms with E-state index in [2.05, 4.69) is 0 Å². The van der Waals surface area contributed by atoms with Gasteiger partial charge in [0.1, 0.15) is 12.4 Å². The molecule has 5 heteroatoms. The van der Waals surface area contributed by atoms with Gasteiger partial charge in [0.2, 0.25) is 6.20 Å². The van der Waals surface area contributed by atoms with E-state index >= 15 is 0 Å². The number of rotatable bonds is 7. The zero-order chi connectivity index (χ0) is 12.5. The Bertz CT molecular complexity index is 390. The highest BCUT2D eigenvalue weighted by Crippen LogP contribution is 2.14. The van der Waals surface area contributed by atoms with Gasteiger partial charge in [-0.2, -0.15) is 0 Å². The van der Waals surface area contributed by atoms with E-state index in [-0.39, 0.29) is 0 Å². The van der Waals surface area contributed by atoms with Gasteiger partial charge in [0.15, 0.2) is 0 Å². The molecule has 17 heavy (non-hydrogen) atoms. The Hall–Kier alpha value is -1.88. The quantitative estimate of drug-likeness (QED) is 0.415. The van der Waals surface area contributed by atoms with Gasteiger partial charge in [-0.15, -0.1) is 0 Å². The highest BCUT2D eigenvalue weighted by molar-refractivity contribution is 5.50. The summed E-state index contributed by atoms with van der Waals surface area (Å²) in [5, 5.41) is 10.2. The van der Waals surface area contributed by atoms with Crippen LogP contribution in [0.4, 0.5) is 0 Å². The van der Waals surface area contributed by atoms with Crippen LogP contribution in [-0.2, 0) is 4.74 Å². The van der Waals surface area contributed by atoms with Gasteiger partial charge in [-0.25, -0.2) is 0 Å². The van der Waals surface area contributed by atoms with Crippen molar-refractivity contribution in [1.29, 1.82) is 0 Å². The third-order valence-corrected chi connectivity index (χ3v) is 1.95. The first-order valence-corrected chi connectivity index (χ1v) is 5.34. The molecule has 92 valence electrons. The van der Waals surface area contributed by atoms with Crippen molar-refractivity contribution in [2.75, 3.05) is 19.8 Å². The van der Waals surface area contributed by atoms with Gasteiger partial charge in [-0.3, -0.25) is 10.1 Å². The van der Waals surface area contributed by atoms with E-state index in [0.29, 0.717) is 25.6 Å². The summed E-state index contributed by atoms with van der Waals surface area (Å²) in [6.45, 7) is 3.58. The lowest BCUT2D eigenvalue weighted by Gasteiger charge is -2.06. The highest BCUT2D eigenvalue weighted by Gasteiger charge is 1.96. The molecular formula is C12H15NO4. The fourth-order valence-electron chi connectivity index (χ4n) is 1.22. The van der Waals surface area contributed by atoms with Crippen LogP contribution in [-0.4, -0.2) is 24.7 Å². The third-order valence-electron chi connectivity index (χ3n) is 1.95. The Morgan fingerprint density at radius 3 is 2.94 bits per heavy atom. The minimum absolute atomic E-state index is 0.468. The number of hydrogen-bond acceptors (Lipinski definition) is 4. The molecule has 0 aliphatic carbocycles. The summed E-state index contributed by atoms with van der Waals surface area (Å²) in [6.07, 6.45) is 2.33. The molecule has 0 unspecified atom stereocenters. The Morgan fingerprint density at radius 1 is 1.41 bits per heavy atom. The smallest absolute Gasteiger partial charge is 0.235 e. The summed E-state index contributed by atoms with van der Waals surface area (Å²) in [4.78, 5) is 9.68. The van der Waals surface area contributed by atoms with Crippen LogP contribution in [0.25, 0.3) is 6.08 Å². The standard InChI is InChI=1S/C12H15NO4/c1-2-16-8-9-17-12-5-3-4-11(10-12)6-7-13(14)15/h3-7,10H,2,8-9H2,1H3. The molecule has 0 saturated carbocycles. The first-order chi connectivity index (χ1) is 8.22. The summed E-state index contributed by atoms with van der Waals surface area (Å²) in [5.41, 5.74) is 0.732. The molecule has 0 saturated heterocycles. The average Bonchev–Trinajstić information content (AvgIpc) is 2.33. The minimum atomic E-state index is -0.497. The lowest BCUT2D eigenvalue weighted by atomic mass is 10.2. The monoisotopic (exact) mass is 237 g/mol. The van der Waals surface area contributed by atoms with E-state index in [9.17, 15) is 10.1 Å². The van der Waals surface area contributed by atoms with Gasteiger partial charge in [0, 0.05) is 12.7 Å². The van der Waals surface area contributed by atoms with Crippen molar-refractivity contribution in [1.82, 2.24) is 0 Å². The van der Waals surface area contributed by atoms with Crippen LogP contribution in [0.5, 0.6) is 5.75 Å². The second-order valence-electron chi connectivity index (χ2n) is 3.22. The van der Waals surface area contributed by atoms with Gasteiger partial charge in [0.25, 0.3) is 0 Å². The summed E-state index contributed by atoms with van der Waals surface area (Å²) >= 11 is 0. The van der Waals surface area contributed by atoms with Crippen molar-refractivity contribution < 1.29 is 14.4 Å². The van der Waals surface area contributed by atoms with Gasteiger partial charge in [-0.1, -0.05) is 12.1 Å². The molecule has 0 N–H and O–H groups in total. The maximum absolute atomic E-state index is 10.2.